The number of hydrogen-bond acceptors (Lipinski definition) is 2. The molecule has 2 nitrogen and oxygen atoms in total. The SMILES string of the molecule is CC(=O)[C@@H](c1ccccc1)[C@@H](C(C)=O)c1ccccc1. The van der Waals surface area contributed by atoms with Crippen molar-refractivity contribution in [2.45, 2.75) is 25.7 Å². The Kier molecular flexibility index (Phi) is 4.46. The monoisotopic (exact) mass is 266 g/mol. The quantitative estimate of drug-likeness (QED) is 0.826. The second-order valence-corrected chi connectivity index (χ2v) is 5.00. The molecule has 2 aromatic carbocycles. The molecule has 20 heavy (non-hydrogen) atoms. The van der Waals surface area contributed by atoms with Crippen LogP contribution in [0.3, 0.4) is 0 Å². The van der Waals surface area contributed by atoms with E-state index >= 15 is 0 Å². The van der Waals surface area contributed by atoms with E-state index in [0.717, 1.165) is 11.1 Å². The van der Waals surface area contributed by atoms with Crippen molar-refractivity contribution in [2.24, 2.45) is 0 Å². The summed E-state index contributed by atoms with van der Waals surface area (Å²) in [5, 5.41) is 0. The summed E-state index contributed by atoms with van der Waals surface area (Å²) < 4.78 is 0. The van der Waals surface area contributed by atoms with E-state index in [1.807, 2.05) is 60.7 Å². The highest BCUT2D eigenvalue weighted by Crippen LogP contribution is 2.34. The molecule has 0 N–H and O–H groups in total. The summed E-state index contributed by atoms with van der Waals surface area (Å²) in [5.41, 5.74) is 1.79. The third kappa shape index (κ3) is 3.02. The van der Waals surface area contributed by atoms with Crippen LogP contribution in [0, 0.1) is 0 Å². The van der Waals surface area contributed by atoms with Gasteiger partial charge in [0.25, 0.3) is 0 Å². The van der Waals surface area contributed by atoms with E-state index in [2.05, 4.69) is 0 Å². The Morgan fingerprint density at radius 2 is 0.950 bits per heavy atom. The van der Waals surface area contributed by atoms with Crippen LogP contribution < -0.4 is 0 Å². The van der Waals surface area contributed by atoms with Gasteiger partial charge in [-0.3, -0.25) is 9.59 Å². The molecule has 0 saturated carbocycles. The first kappa shape index (κ1) is 14.2. The number of benzene rings is 2. The van der Waals surface area contributed by atoms with Crippen molar-refractivity contribution in [3.63, 3.8) is 0 Å². The van der Waals surface area contributed by atoms with Gasteiger partial charge in [0.1, 0.15) is 11.6 Å². The lowest BCUT2D eigenvalue weighted by Gasteiger charge is -2.24. The summed E-state index contributed by atoms with van der Waals surface area (Å²) in [4.78, 5) is 24.2. The average molecular weight is 266 g/mol. The molecule has 0 unspecified atom stereocenters. The number of rotatable bonds is 5. The fraction of sp³-hybridized carbons (Fsp3) is 0.222. The predicted octanol–water partition coefficient (Wildman–Crippen LogP) is 3.73. The van der Waals surface area contributed by atoms with Crippen LogP contribution in [-0.2, 0) is 9.59 Å². The molecule has 2 heteroatoms. The van der Waals surface area contributed by atoms with Gasteiger partial charge in [0.05, 0.1) is 11.8 Å². The van der Waals surface area contributed by atoms with Gasteiger partial charge in [-0.2, -0.15) is 0 Å². The van der Waals surface area contributed by atoms with Crippen LogP contribution in [0.2, 0.25) is 0 Å². The van der Waals surface area contributed by atoms with Crippen LogP contribution in [0.1, 0.15) is 36.8 Å². The zero-order valence-electron chi connectivity index (χ0n) is 11.7. The number of Topliss-reactive ketones (excluding diaryl/α,β-unsaturated/α-hetero) is 2. The van der Waals surface area contributed by atoms with Gasteiger partial charge >= 0.3 is 0 Å². The molecule has 0 aliphatic rings. The first-order chi connectivity index (χ1) is 9.61. The largest absolute Gasteiger partial charge is 0.299 e. The molecular formula is C18H18O2. The van der Waals surface area contributed by atoms with Crippen molar-refractivity contribution in [3.8, 4) is 0 Å². The van der Waals surface area contributed by atoms with Gasteiger partial charge in [-0.05, 0) is 25.0 Å². The maximum Gasteiger partial charge on any atom is 0.138 e. The summed E-state index contributed by atoms with van der Waals surface area (Å²) >= 11 is 0. The van der Waals surface area contributed by atoms with Crippen molar-refractivity contribution >= 4 is 11.6 Å². The van der Waals surface area contributed by atoms with Crippen LogP contribution in [0.5, 0.6) is 0 Å². The molecule has 2 atom stereocenters. The fourth-order valence-corrected chi connectivity index (χ4v) is 2.64. The zero-order chi connectivity index (χ0) is 14.5. The molecule has 0 aromatic heterocycles. The highest BCUT2D eigenvalue weighted by Gasteiger charge is 2.31. The Morgan fingerprint density at radius 1 is 0.650 bits per heavy atom. The van der Waals surface area contributed by atoms with Crippen molar-refractivity contribution in [3.05, 3.63) is 71.8 Å². The number of carbonyl (C=O) groups excluding carboxylic acids is 2. The van der Waals surface area contributed by atoms with Crippen LogP contribution >= 0.6 is 0 Å². The van der Waals surface area contributed by atoms with Gasteiger partial charge in [-0.25, -0.2) is 0 Å². The molecule has 0 radical (unpaired) electrons. The predicted molar refractivity (Wildman–Crippen MR) is 79.7 cm³/mol. The Bertz CT molecular complexity index is 532. The second-order valence-electron chi connectivity index (χ2n) is 5.00. The zero-order valence-corrected chi connectivity index (χ0v) is 11.7. The molecule has 0 aliphatic heterocycles. The molecule has 0 fully saturated rings. The lowest BCUT2D eigenvalue weighted by molar-refractivity contribution is -0.125. The summed E-state index contributed by atoms with van der Waals surface area (Å²) in [6.07, 6.45) is 0. The Hall–Kier alpha value is -2.22. The summed E-state index contributed by atoms with van der Waals surface area (Å²) in [7, 11) is 0. The van der Waals surface area contributed by atoms with Gasteiger partial charge in [-0.15, -0.1) is 0 Å². The third-order valence-corrected chi connectivity index (χ3v) is 3.53. The Morgan fingerprint density at radius 3 is 1.20 bits per heavy atom. The molecule has 0 amide bonds. The van der Waals surface area contributed by atoms with Crippen LogP contribution in [0.25, 0.3) is 0 Å². The number of ketones is 2. The van der Waals surface area contributed by atoms with E-state index in [1.165, 1.54) is 0 Å². The maximum absolute atomic E-state index is 12.1. The van der Waals surface area contributed by atoms with E-state index < -0.39 is 11.8 Å². The number of carbonyl (C=O) groups is 2. The molecule has 0 aliphatic carbocycles. The van der Waals surface area contributed by atoms with Crippen LogP contribution in [-0.4, -0.2) is 11.6 Å². The maximum atomic E-state index is 12.1. The number of hydrogen-bond donors (Lipinski definition) is 0. The normalized spacial score (nSPS) is 13.5. The van der Waals surface area contributed by atoms with Crippen LogP contribution in [0.15, 0.2) is 60.7 Å². The second kappa shape index (κ2) is 6.29. The molecule has 0 saturated heterocycles. The minimum Gasteiger partial charge on any atom is -0.299 e. The molecule has 2 rings (SSSR count). The standard InChI is InChI=1S/C18H18O2/c1-13(19)17(15-9-5-3-6-10-15)18(14(2)20)16-11-7-4-8-12-16/h3-12,17-18H,1-2H3/t17-,18-/m0/s1. The lowest BCUT2D eigenvalue weighted by Crippen LogP contribution is -2.23. The third-order valence-electron chi connectivity index (χ3n) is 3.53. The molecule has 2 aromatic rings. The smallest absolute Gasteiger partial charge is 0.138 e. The molecule has 0 bridgehead atoms. The van der Waals surface area contributed by atoms with Crippen LogP contribution in [0.4, 0.5) is 0 Å². The molecule has 102 valence electrons. The highest BCUT2D eigenvalue weighted by atomic mass is 16.1. The Balaban J connectivity index is 2.50. The van der Waals surface area contributed by atoms with Crippen molar-refractivity contribution in [1.29, 1.82) is 0 Å². The average Bonchev–Trinajstić information content (AvgIpc) is 2.45. The van der Waals surface area contributed by atoms with Crippen molar-refractivity contribution < 1.29 is 9.59 Å². The van der Waals surface area contributed by atoms with Gasteiger partial charge in [0.2, 0.25) is 0 Å². The molecular weight excluding hydrogens is 248 g/mol. The minimum absolute atomic E-state index is 0.0141. The minimum atomic E-state index is -0.420. The van der Waals surface area contributed by atoms with E-state index in [9.17, 15) is 9.59 Å². The molecule has 0 spiro atoms. The first-order valence-corrected chi connectivity index (χ1v) is 6.72. The first-order valence-electron chi connectivity index (χ1n) is 6.72. The van der Waals surface area contributed by atoms with Gasteiger partial charge in [-0.1, -0.05) is 60.7 Å². The summed E-state index contributed by atoms with van der Waals surface area (Å²) in [6, 6.07) is 19.0. The summed E-state index contributed by atoms with van der Waals surface area (Å²) in [5.74, 6) is -0.812. The van der Waals surface area contributed by atoms with Crippen molar-refractivity contribution in [1.82, 2.24) is 0 Å². The van der Waals surface area contributed by atoms with Gasteiger partial charge in [0, 0.05) is 0 Å². The van der Waals surface area contributed by atoms with Gasteiger partial charge < -0.3 is 0 Å². The van der Waals surface area contributed by atoms with Crippen molar-refractivity contribution in [2.75, 3.05) is 0 Å². The van der Waals surface area contributed by atoms with E-state index in [-0.39, 0.29) is 11.6 Å². The highest BCUT2D eigenvalue weighted by molar-refractivity contribution is 5.94. The molecule has 0 heterocycles. The fourth-order valence-electron chi connectivity index (χ4n) is 2.64. The van der Waals surface area contributed by atoms with E-state index in [1.54, 1.807) is 13.8 Å². The van der Waals surface area contributed by atoms with Gasteiger partial charge in [0.15, 0.2) is 0 Å². The topological polar surface area (TPSA) is 34.1 Å². The van der Waals surface area contributed by atoms with E-state index in [0.29, 0.717) is 0 Å². The lowest BCUT2D eigenvalue weighted by atomic mass is 9.77. The Labute approximate surface area is 119 Å². The van der Waals surface area contributed by atoms with E-state index in [4.69, 9.17) is 0 Å². The summed E-state index contributed by atoms with van der Waals surface area (Å²) in [6.45, 7) is 3.10.